The van der Waals surface area contributed by atoms with Crippen molar-refractivity contribution in [1.29, 1.82) is 0 Å². The predicted molar refractivity (Wildman–Crippen MR) is 86.9 cm³/mol. The molecule has 0 aromatic heterocycles. The molecule has 2 N–H and O–H groups in total. The summed E-state index contributed by atoms with van der Waals surface area (Å²) < 4.78 is 26.2. The second-order valence-corrected chi connectivity index (χ2v) is 5.61. The normalized spacial score (nSPS) is 10.6. The molecule has 0 heterocycles. The maximum atomic E-state index is 13.4. The van der Waals surface area contributed by atoms with Gasteiger partial charge in [0.1, 0.15) is 11.6 Å². The SMILES string of the molecule is O=C(NCCNCc1ccc(F)cc1F)c1ccc(Cl)c(Cl)c1. The molecule has 2 aromatic carbocycles. The summed E-state index contributed by atoms with van der Waals surface area (Å²) in [5, 5.41) is 6.35. The molecule has 0 atom stereocenters. The fraction of sp³-hybridized carbons (Fsp3) is 0.188. The van der Waals surface area contributed by atoms with Gasteiger partial charge in [0.05, 0.1) is 10.0 Å². The monoisotopic (exact) mass is 358 g/mol. The van der Waals surface area contributed by atoms with Crippen LogP contribution in [0.2, 0.25) is 10.0 Å². The van der Waals surface area contributed by atoms with E-state index in [2.05, 4.69) is 10.6 Å². The molecule has 2 rings (SSSR count). The summed E-state index contributed by atoms with van der Waals surface area (Å²) in [5.41, 5.74) is 0.770. The smallest absolute Gasteiger partial charge is 0.251 e. The van der Waals surface area contributed by atoms with Crippen molar-refractivity contribution in [3.05, 3.63) is 69.2 Å². The molecule has 0 aliphatic carbocycles. The van der Waals surface area contributed by atoms with Crippen LogP contribution in [-0.2, 0) is 6.54 Å². The molecule has 0 aliphatic rings. The van der Waals surface area contributed by atoms with Crippen molar-refractivity contribution < 1.29 is 13.6 Å². The molecule has 3 nitrogen and oxygen atoms in total. The van der Waals surface area contributed by atoms with Crippen LogP contribution in [0.3, 0.4) is 0 Å². The van der Waals surface area contributed by atoms with Gasteiger partial charge in [-0.2, -0.15) is 0 Å². The minimum atomic E-state index is -0.611. The zero-order valence-electron chi connectivity index (χ0n) is 12.0. The van der Waals surface area contributed by atoms with Crippen LogP contribution in [0, 0.1) is 11.6 Å². The van der Waals surface area contributed by atoms with Crippen LogP contribution in [0.1, 0.15) is 15.9 Å². The zero-order chi connectivity index (χ0) is 16.8. The van der Waals surface area contributed by atoms with Gasteiger partial charge in [0.25, 0.3) is 5.91 Å². The Morgan fingerprint density at radius 3 is 2.48 bits per heavy atom. The topological polar surface area (TPSA) is 41.1 Å². The van der Waals surface area contributed by atoms with Crippen molar-refractivity contribution in [2.45, 2.75) is 6.54 Å². The van der Waals surface area contributed by atoms with Crippen molar-refractivity contribution in [1.82, 2.24) is 10.6 Å². The number of halogens is 4. The number of amides is 1. The fourth-order valence-corrected chi connectivity index (χ4v) is 2.19. The molecule has 0 unspecified atom stereocenters. The quantitative estimate of drug-likeness (QED) is 0.771. The van der Waals surface area contributed by atoms with Crippen molar-refractivity contribution in [3.63, 3.8) is 0 Å². The van der Waals surface area contributed by atoms with Crippen molar-refractivity contribution in [2.24, 2.45) is 0 Å². The Morgan fingerprint density at radius 1 is 1.00 bits per heavy atom. The van der Waals surface area contributed by atoms with Gasteiger partial charge in [0, 0.05) is 36.8 Å². The van der Waals surface area contributed by atoms with E-state index < -0.39 is 11.6 Å². The summed E-state index contributed by atoms with van der Waals surface area (Å²) in [7, 11) is 0. The van der Waals surface area contributed by atoms with Gasteiger partial charge in [-0.3, -0.25) is 4.79 Å². The summed E-state index contributed by atoms with van der Waals surface area (Å²) in [6.07, 6.45) is 0. The maximum absolute atomic E-state index is 13.4. The van der Waals surface area contributed by atoms with Crippen molar-refractivity contribution >= 4 is 29.1 Å². The lowest BCUT2D eigenvalue weighted by Gasteiger charge is -2.08. The van der Waals surface area contributed by atoms with E-state index in [1.165, 1.54) is 18.2 Å². The van der Waals surface area contributed by atoms with E-state index in [1.807, 2.05) is 0 Å². The lowest BCUT2D eigenvalue weighted by atomic mass is 10.2. The van der Waals surface area contributed by atoms with Gasteiger partial charge in [-0.25, -0.2) is 8.78 Å². The van der Waals surface area contributed by atoms with E-state index >= 15 is 0 Å². The standard InChI is InChI=1S/C16H14Cl2F2N2O/c17-13-4-2-10(7-14(13)18)16(23)22-6-5-21-9-11-1-3-12(19)8-15(11)20/h1-4,7-8,21H,5-6,9H2,(H,22,23). The summed E-state index contributed by atoms with van der Waals surface area (Å²) in [5.74, 6) is -1.49. The number of carbonyl (C=O) groups excluding carboxylic acids is 1. The molecule has 0 saturated carbocycles. The predicted octanol–water partition coefficient (Wildman–Crippen LogP) is 3.79. The van der Waals surface area contributed by atoms with Gasteiger partial charge < -0.3 is 10.6 Å². The fourth-order valence-electron chi connectivity index (χ4n) is 1.89. The largest absolute Gasteiger partial charge is 0.351 e. The molecule has 2 aromatic rings. The zero-order valence-corrected chi connectivity index (χ0v) is 13.5. The Bertz CT molecular complexity index is 710. The molecule has 0 saturated heterocycles. The summed E-state index contributed by atoms with van der Waals surface area (Å²) in [6.45, 7) is 1.03. The summed E-state index contributed by atoms with van der Waals surface area (Å²) in [4.78, 5) is 11.9. The Kier molecular flexibility index (Phi) is 6.33. The van der Waals surface area contributed by atoms with Crippen LogP contribution in [0.4, 0.5) is 8.78 Å². The lowest BCUT2D eigenvalue weighted by Crippen LogP contribution is -2.31. The molecule has 1 amide bonds. The number of rotatable bonds is 6. The summed E-state index contributed by atoms with van der Waals surface area (Å²) >= 11 is 11.6. The number of carbonyl (C=O) groups is 1. The molecule has 0 fully saturated rings. The minimum Gasteiger partial charge on any atom is -0.351 e. The van der Waals surface area contributed by atoms with Crippen LogP contribution < -0.4 is 10.6 Å². The third-order valence-electron chi connectivity index (χ3n) is 3.10. The summed E-state index contributed by atoms with van der Waals surface area (Å²) in [6, 6.07) is 8.03. The molecule has 7 heteroatoms. The van der Waals surface area contributed by atoms with E-state index in [0.717, 1.165) is 6.07 Å². The molecule has 0 spiro atoms. The highest BCUT2D eigenvalue weighted by Gasteiger charge is 2.07. The first kappa shape index (κ1) is 17.7. The molecular weight excluding hydrogens is 345 g/mol. The van der Waals surface area contributed by atoms with E-state index in [4.69, 9.17) is 23.2 Å². The van der Waals surface area contributed by atoms with Crippen molar-refractivity contribution in [3.8, 4) is 0 Å². The first-order valence-corrected chi connectivity index (χ1v) is 7.61. The van der Waals surface area contributed by atoms with Crippen LogP contribution in [0.5, 0.6) is 0 Å². The van der Waals surface area contributed by atoms with Gasteiger partial charge in [-0.15, -0.1) is 0 Å². The number of nitrogens with one attached hydrogen (secondary N) is 2. The third-order valence-corrected chi connectivity index (χ3v) is 3.84. The number of benzene rings is 2. The van der Waals surface area contributed by atoms with Gasteiger partial charge in [0.15, 0.2) is 0 Å². The molecular formula is C16H14Cl2F2N2O. The first-order valence-electron chi connectivity index (χ1n) is 6.85. The van der Waals surface area contributed by atoms with Gasteiger partial charge in [0.2, 0.25) is 0 Å². The van der Waals surface area contributed by atoms with Crippen LogP contribution in [-0.4, -0.2) is 19.0 Å². The van der Waals surface area contributed by atoms with Gasteiger partial charge in [-0.1, -0.05) is 29.3 Å². The average molecular weight is 359 g/mol. The van der Waals surface area contributed by atoms with Gasteiger partial charge >= 0.3 is 0 Å². The highest BCUT2D eigenvalue weighted by molar-refractivity contribution is 6.42. The third kappa shape index (κ3) is 5.16. The van der Waals surface area contributed by atoms with Crippen LogP contribution >= 0.6 is 23.2 Å². The molecule has 0 aliphatic heterocycles. The van der Waals surface area contributed by atoms with Crippen LogP contribution in [0.25, 0.3) is 0 Å². The van der Waals surface area contributed by atoms with Crippen LogP contribution in [0.15, 0.2) is 36.4 Å². The Labute approximate surface area is 142 Å². The number of hydrogen-bond acceptors (Lipinski definition) is 2. The van der Waals surface area contributed by atoms with E-state index in [9.17, 15) is 13.6 Å². The number of hydrogen-bond donors (Lipinski definition) is 2. The Morgan fingerprint density at radius 2 is 1.78 bits per heavy atom. The second kappa shape index (κ2) is 8.24. The first-order chi connectivity index (χ1) is 11.0. The highest BCUT2D eigenvalue weighted by atomic mass is 35.5. The average Bonchev–Trinajstić information content (AvgIpc) is 2.51. The van der Waals surface area contributed by atoms with E-state index in [1.54, 1.807) is 12.1 Å². The lowest BCUT2D eigenvalue weighted by molar-refractivity contribution is 0.0954. The van der Waals surface area contributed by atoms with Gasteiger partial charge in [-0.05, 0) is 24.3 Å². The Hall–Kier alpha value is -1.69. The highest BCUT2D eigenvalue weighted by Crippen LogP contribution is 2.22. The van der Waals surface area contributed by atoms with Crippen molar-refractivity contribution in [2.75, 3.05) is 13.1 Å². The molecule has 0 radical (unpaired) electrons. The molecule has 0 bridgehead atoms. The van der Waals surface area contributed by atoms with E-state index in [0.29, 0.717) is 34.3 Å². The molecule has 23 heavy (non-hydrogen) atoms. The minimum absolute atomic E-state index is 0.245. The maximum Gasteiger partial charge on any atom is 0.251 e. The Balaban J connectivity index is 1.74. The second-order valence-electron chi connectivity index (χ2n) is 4.80. The van der Waals surface area contributed by atoms with E-state index in [-0.39, 0.29) is 12.5 Å². The molecule has 122 valence electrons.